The summed E-state index contributed by atoms with van der Waals surface area (Å²) in [5, 5.41) is 23.2. The molecule has 0 spiro atoms. The van der Waals surface area contributed by atoms with Crippen LogP contribution in [0.5, 0.6) is 5.75 Å². The van der Waals surface area contributed by atoms with Crippen LogP contribution in [0.2, 0.25) is 18.1 Å². The van der Waals surface area contributed by atoms with Crippen molar-refractivity contribution >= 4 is 31.7 Å². The minimum atomic E-state index is -2.15. The molecule has 2 heterocycles. The van der Waals surface area contributed by atoms with Gasteiger partial charge in [-0.2, -0.15) is 10.5 Å². The lowest BCUT2D eigenvalue weighted by atomic mass is 9.83. The highest BCUT2D eigenvalue weighted by Gasteiger charge is 2.47. The molecule has 0 saturated heterocycles. The third kappa shape index (κ3) is 7.64. The van der Waals surface area contributed by atoms with Crippen molar-refractivity contribution in [3.63, 3.8) is 0 Å². The summed E-state index contributed by atoms with van der Waals surface area (Å²) in [4.78, 5) is 24.4. The Hall–Kier alpha value is -4.45. The van der Waals surface area contributed by atoms with Crippen LogP contribution in [-0.4, -0.2) is 49.7 Å². The Balaban J connectivity index is 1.54. The summed E-state index contributed by atoms with van der Waals surface area (Å²) in [6.07, 6.45) is 3.46. The molecule has 1 saturated carbocycles. The molecule has 1 N–H and O–H groups in total. The molecule has 1 atom stereocenters. The van der Waals surface area contributed by atoms with Crippen molar-refractivity contribution in [2.45, 2.75) is 90.5 Å². The molecule has 1 aliphatic carbocycles. The van der Waals surface area contributed by atoms with E-state index in [9.17, 15) is 15.3 Å². The van der Waals surface area contributed by atoms with E-state index < -0.39 is 25.4 Å². The van der Waals surface area contributed by atoms with Gasteiger partial charge in [-0.1, -0.05) is 27.7 Å². The standard InChI is InChI=1S/C37H46N6O4Si/c1-35(2,3)47-34(44)43-22-37(7,23-46-48(8,9)36(4,5)6)28-18-26(17-27(20-39)32(28)43)29-14-15-40-33(41-29)42-30-16-25(19-38)12-13-31(30)45-21-24-10-11-24/h12-18,24H,10-11,21-23H2,1-9H3,(H,40,41,42)/t37-/m1/s1. The van der Waals surface area contributed by atoms with Crippen LogP contribution in [0.3, 0.4) is 0 Å². The molecule has 252 valence electrons. The van der Waals surface area contributed by atoms with Crippen LogP contribution in [0.1, 0.15) is 78.0 Å². The molecule has 0 unspecified atom stereocenters. The molecular formula is C37H46N6O4Si. The van der Waals surface area contributed by atoms with Crippen molar-refractivity contribution in [2.24, 2.45) is 5.92 Å². The third-order valence-electron chi connectivity index (χ3n) is 9.31. The van der Waals surface area contributed by atoms with Crippen LogP contribution in [-0.2, 0) is 14.6 Å². The van der Waals surface area contributed by atoms with E-state index in [1.807, 2.05) is 26.8 Å². The topological polar surface area (TPSA) is 133 Å². The minimum Gasteiger partial charge on any atom is -0.491 e. The van der Waals surface area contributed by atoms with Gasteiger partial charge >= 0.3 is 6.09 Å². The Labute approximate surface area is 285 Å². The molecule has 1 aromatic heterocycles. The van der Waals surface area contributed by atoms with E-state index in [-0.39, 0.29) is 5.04 Å². The molecule has 0 radical (unpaired) electrons. The van der Waals surface area contributed by atoms with Gasteiger partial charge in [0.2, 0.25) is 5.95 Å². The number of benzene rings is 2. The molecule has 11 heteroatoms. The van der Waals surface area contributed by atoms with Gasteiger partial charge in [-0.05, 0) is 99.6 Å². The fraction of sp³-hybridized carbons (Fsp3) is 0.486. The molecule has 0 bridgehead atoms. The van der Waals surface area contributed by atoms with Crippen LogP contribution < -0.4 is 15.0 Å². The van der Waals surface area contributed by atoms with Crippen molar-refractivity contribution in [1.29, 1.82) is 10.5 Å². The molecule has 1 fully saturated rings. The Morgan fingerprint density at radius 2 is 1.81 bits per heavy atom. The maximum atomic E-state index is 13.6. The van der Waals surface area contributed by atoms with E-state index in [1.165, 1.54) is 0 Å². The van der Waals surface area contributed by atoms with Gasteiger partial charge in [-0.3, -0.25) is 4.90 Å². The maximum absolute atomic E-state index is 13.6. The predicted octanol–water partition coefficient (Wildman–Crippen LogP) is 8.45. The highest BCUT2D eigenvalue weighted by Crippen LogP contribution is 2.47. The zero-order valence-electron chi connectivity index (χ0n) is 29.5. The minimum absolute atomic E-state index is 0.00473. The largest absolute Gasteiger partial charge is 0.491 e. The highest BCUT2D eigenvalue weighted by atomic mass is 28.4. The average molecular weight is 667 g/mol. The number of anilines is 3. The molecule has 2 aliphatic rings. The number of nitrogens with zero attached hydrogens (tertiary/aromatic N) is 5. The normalized spacial score (nSPS) is 17.7. The van der Waals surface area contributed by atoms with Gasteiger partial charge in [0.1, 0.15) is 17.4 Å². The number of aromatic nitrogens is 2. The predicted molar refractivity (Wildman–Crippen MR) is 189 cm³/mol. The van der Waals surface area contributed by atoms with Gasteiger partial charge in [0.15, 0.2) is 8.32 Å². The van der Waals surface area contributed by atoms with E-state index in [2.05, 4.69) is 63.2 Å². The van der Waals surface area contributed by atoms with Gasteiger partial charge in [0.25, 0.3) is 0 Å². The first-order valence-electron chi connectivity index (χ1n) is 16.4. The van der Waals surface area contributed by atoms with Gasteiger partial charge in [0.05, 0.1) is 40.9 Å². The molecule has 48 heavy (non-hydrogen) atoms. The Morgan fingerprint density at radius 3 is 2.44 bits per heavy atom. The second kappa shape index (κ2) is 12.9. The summed E-state index contributed by atoms with van der Waals surface area (Å²) in [6, 6.07) is 15.3. The van der Waals surface area contributed by atoms with Crippen molar-refractivity contribution in [3.8, 4) is 29.1 Å². The van der Waals surface area contributed by atoms with Crippen molar-refractivity contribution in [2.75, 3.05) is 30.0 Å². The van der Waals surface area contributed by atoms with Crippen LogP contribution in [0.4, 0.5) is 22.1 Å². The number of rotatable bonds is 9. The van der Waals surface area contributed by atoms with Crippen LogP contribution in [0, 0.1) is 28.6 Å². The summed E-state index contributed by atoms with van der Waals surface area (Å²) in [5.41, 5.74) is 2.75. The van der Waals surface area contributed by atoms with Gasteiger partial charge in [-0.15, -0.1) is 0 Å². The summed E-state index contributed by atoms with van der Waals surface area (Å²) in [7, 11) is -2.15. The molecule has 1 aliphatic heterocycles. The lowest BCUT2D eigenvalue weighted by molar-refractivity contribution is 0.0575. The van der Waals surface area contributed by atoms with E-state index in [4.69, 9.17) is 18.9 Å². The van der Waals surface area contributed by atoms with Crippen molar-refractivity contribution in [1.82, 2.24) is 9.97 Å². The molecule has 1 amide bonds. The maximum Gasteiger partial charge on any atom is 0.414 e. The number of fused-ring (bicyclic) bond motifs is 1. The van der Waals surface area contributed by atoms with Crippen LogP contribution >= 0.6 is 0 Å². The molecule has 2 aromatic carbocycles. The highest BCUT2D eigenvalue weighted by molar-refractivity contribution is 6.74. The first-order valence-corrected chi connectivity index (χ1v) is 19.3. The number of hydrogen-bond donors (Lipinski definition) is 1. The third-order valence-corrected chi connectivity index (χ3v) is 13.8. The van der Waals surface area contributed by atoms with Crippen molar-refractivity contribution in [3.05, 3.63) is 59.3 Å². The molecule has 5 rings (SSSR count). The monoisotopic (exact) mass is 666 g/mol. The second-order valence-corrected chi connectivity index (χ2v) is 20.5. The Morgan fingerprint density at radius 1 is 1.08 bits per heavy atom. The number of amides is 1. The molecule has 3 aromatic rings. The van der Waals surface area contributed by atoms with Gasteiger partial charge in [-0.25, -0.2) is 14.8 Å². The zero-order chi connectivity index (χ0) is 35.1. The first-order chi connectivity index (χ1) is 22.4. The summed E-state index contributed by atoms with van der Waals surface area (Å²) in [6.45, 7) is 19.9. The Kier molecular flexibility index (Phi) is 9.35. The fourth-order valence-corrected chi connectivity index (χ4v) is 6.41. The van der Waals surface area contributed by atoms with E-state index in [0.29, 0.717) is 71.1 Å². The first kappa shape index (κ1) is 34.9. The lowest BCUT2D eigenvalue weighted by Crippen LogP contribution is -2.46. The summed E-state index contributed by atoms with van der Waals surface area (Å²) in [5.74, 6) is 1.50. The zero-order valence-corrected chi connectivity index (χ0v) is 30.5. The van der Waals surface area contributed by atoms with Crippen molar-refractivity contribution < 1.29 is 18.7 Å². The number of hydrogen-bond acceptors (Lipinski definition) is 9. The summed E-state index contributed by atoms with van der Waals surface area (Å²) < 4.78 is 18.6. The summed E-state index contributed by atoms with van der Waals surface area (Å²) >= 11 is 0. The quantitative estimate of drug-likeness (QED) is 0.223. The van der Waals surface area contributed by atoms with E-state index in [0.717, 1.165) is 18.4 Å². The van der Waals surface area contributed by atoms with Gasteiger partial charge in [0, 0.05) is 30.3 Å². The second-order valence-electron chi connectivity index (χ2n) is 15.7. The van der Waals surface area contributed by atoms with Crippen LogP contribution in [0.15, 0.2) is 42.6 Å². The molecule has 10 nitrogen and oxygen atoms in total. The van der Waals surface area contributed by atoms with Gasteiger partial charge < -0.3 is 19.2 Å². The van der Waals surface area contributed by atoms with E-state index in [1.54, 1.807) is 41.4 Å². The number of nitrogens with one attached hydrogen (secondary N) is 1. The average Bonchev–Trinajstić information content (AvgIpc) is 3.80. The lowest BCUT2D eigenvalue weighted by Gasteiger charge is -2.39. The number of nitriles is 2. The van der Waals surface area contributed by atoms with E-state index >= 15 is 0 Å². The number of ether oxygens (including phenoxy) is 2. The SMILES string of the molecule is CC(C)(C)OC(=O)N1C[C@](C)(CO[Si](C)(C)C(C)(C)C)c2cc(-c3ccnc(Nc4cc(C#N)ccc4OCC4CC4)n3)cc(C#N)c21. The smallest absolute Gasteiger partial charge is 0.414 e. The molecular weight excluding hydrogens is 621 g/mol. The fourth-order valence-electron chi connectivity index (χ4n) is 5.30. The van der Waals surface area contributed by atoms with Crippen LogP contribution in [0.25, 0.3) is 11.3 Å². The number of carbonyl (C=O) groups is 1. The Bertz CT molecular complexity index is 1800. The number of carbonyl (C=O) groups excluding carboxylic acids is 1.